The minimum absolute atomic E-state index is 0.00635. The van der Waals surface area contributed by atoms with Gasteiger partial charge in [-0.2, -0.15) is 0 Å². The quantitative estimate of drug-likeness (QED) is 0.835. The Kier molecular flexibility index (Phi) is 4.84. The molecular formula is C14H19N5O. The molecule has 2 aromatic rings. The number of rotatable bonds is 6. The SMILES string of the molecule is CCNCC(C)C(=O)Nc1cccc(-n2cnnc2)c1. The van der Waals surface area contributed by atoms with Crippen LogP contribution in [0.5, 0.6) is 0 Å². The van der Waals surface area contributed by atoms with E-state index in [0.717, 1.165) is 17.9 Å². The van der Waals surface area contributed by atoms with E-state index in [2.05, 4.69) is 20.8 Å². The summed E-state index contributed by atoms with van der Waals surface area (Å²) >= 11 is 0. The van der Waals surface area contributed by atoms with Crippen molar-refractivity contribution in [1.29, 1.82) is 0 Å². The van der Waals surface area contributed by atoms with Crippen molar-refractivity contribution in [3.63, 3.8) is 0 Å². The van der Waals surface area contributed by atoms with Gasteiger partial charge in [0, 0.05) is 18.2 Å². The van der Waals surface area contributed by atoms with Gasteiger partial charge in [0.15, 0.2) is 0 Å². The summed E-state index contributed by atoms with van der Waals surface area (Å²) in [5.41, 5.74) is 1.68. The fourth-order valence-electron chi connectivity index (χ4n) is 1.80. The van der Waals surface area contributed by atoms with E-state index in [9.17, 15) is 4.79 Å². The number of nitrogens with one attached hydrogen (secondary N) is 2. The van der Waals surface area contributed by atoms with Gasteiger partial charge >= 0.3 is 0 Å². The summed E-state index contributed by atoms with van der Waals surface area (Å²) in [4.78, 5) is 12.0. The number of hydrogen-bond donors (Lipinski definition) is 2. The number of benzene rings is 1. The van der Waals surface area contributed by atoms with Gasteiger partial charge in [-0.15, -0.1) is 10.2 Å². The number of amides is 1. The molecule has 1 unspecified atom stereocenters. The Bertz CT molecular complexity index is 552. The summed E-state index contributed by atoms with van der Waals surface area (Å²) in [5.74, 6) is -0.0691. The molecule has 0 radical (unpaired) electrons. The minimum atomic E-state index is -0.0754. The Hall–Kier alpha value is -2.21. The summed E-state index contributed by atoms with van der Waals surface area (Å²) in [7, 11) is 0. The van der Waals surface area contributed by atoms with Crippen molar-refractivity contribution in [3.8, 4) is 5.69 Å². The van der Waals surface area contributed by atoms with E-state index in [1.54, 1.807) is 17.2 Å². The first-order chi connectivity index (χ1) is 9.70. The third-order valence-electron chi connectivity index (χ3n) is 2.98. The molecule has 106 valence electrons. The van der Waals surface area contributed by atoms with Crippen LogP contribution in [0.1, 0.15) is 13.8 Å². The fourth-order valence-corrected chi connectivity index (χ4v) is 1.80. The first-order valence-corrected chi connectivity index (χ1v) is 6.67. The molecule has 0 saturated carbocycles. The smallest absolute Gasteiger partial charge is 0.228 e. The Labute approximate surface area is 118 Å². The molecule has 1 aromatic heterocycles. The van der Waals surface area contributed by atoms with Gasteiger partial charge in [0.25, 0.3) is 0 Å². The normalized spacial score (nSPS) is 12.1. The second-order valence-corrected chi connectivity index (χ2v) is 4.62. The van der Waals surface area contributed by atoms with Gasteiger partial charge < -0.3 is 10.6 Å². The van der Waals surface area contributed by atoms with Gasteiger partial charge in [-0.1, -0.05) is 19.9 Å². The lowest BCUT2D eigenvalue weighted by molar-refractivity contribution is -0.119. The molecule has 20 heavy (non-hydrogen) atoms. The van der Waals surface area contributed by atoms with Crippen LogP contribution in [-0.2, 0) is 4.79 Å². The summed E-state index contributed by atoms with van der Waals surface area (Å²) in [6, 6.07) is 7.58. The maximum absolute atomic E-state index is 12.0. The predicted molar refractivity (Wildman–Crippen MR) is 77.7 cm³/mol. The van der Waals surface area contributed by atoms with Crippen molar-refractivity contribution in [1.82, 2.24) is 20.1 Å². The van der Waals surface area contributed by atoms with Crippen molar-refractivity contribution in [3.05, 3.63) is 36.9 Å². The second kappa shape index (κ2) is 6.81. The Balaban J connectivity index is 2.03. The minimum Gasteiger partial charge on any atom is -0.326 e. The van der Waals surface area contributed by atoms with Gasteiger partial charge in [0.05, 0.1) is 5.69 Å². The average molecular weight is 273 g/mol. The number of nitrogens with zero attached hydrogens (tertiary/aromatic N) is 3. The van der Waals surface area contributed by atoms with Gasteiger partial charge in [0.1, 0.15) is 12.7 Å². The monoisotopic (exact) mass is 273 g/mol. The third-order valence-corrected chi connectivity index (χ3v) is 2.98. The first kappa shape index (κ1) is 14.2. The molecule has 1 aromatic carbocycles. The highest BCUT2D eigenvalue weighted by Gasteiger charge is 2.12. The van der Waals surface area contributed by atoms with Crippen molar-refractivity contribution >= 4 is 11.6 Å². The van der Waals surface area contributed by atoms with Gasteiger partial charge in [0.2, 0.25) is 5.91 Å². The predicted octanol–water partition coefficient (Wildman–Crippen LogP) is 1.45. The summed E-state index contributed by atoms with van der Waals surface area (Å²) < 4.78 is 1.79. The van der Waals surface area contributed by atoms with Crippen LogP contribution in [0.15, 0.2) is 36.9 Å². The summed E-state index contributed by atoms with van der Waals surface area (Å²) in [6.45, 7) is 5.46. The molecule has 0 spiro atoms. The molecule has 0 saturated heterocycles. The van der Waals surface area contributed by atoms with Crippen LogP contribution in [-0.4, -0.2) is 33.8 Å². The van der Waals surface area contributed by atoms with E-state index in [-0.39, 0.29) is 11.8 Å². The van der Waals surface area contributed by atoms with Crippen LogP contribution in [0.25, 0.3) is 5.69 Å². The van der Waals surface area contributed by atoms with Crippen LogP contribution in [0, 0.1) is 5.92 Å². The molecule has 2 rings (SSSR count). The summed E-state index contributed by atoms with van der Waals surface area (Å²) in [6.07, 6.45) is 3.24. The number of carbonyl (C=O) groups is 1. The average Bonchev–Trinajstić information content (AvgIpc) is 2.99. The lowest BCUT2D eigenvalue weighted by atomic mass is 10.1. The fraction of sp³-hybridized carbons (Fsp3) is 0.357. The Morgan fingerprint density at radius 2 is 2.10 bits per heavy atom. The Morgan fingerprint density at radius 3 is 2.80 bits per heavy atom. The maximum Gasteiger partial charge on any atom is 0.228 e. The van der Waals surface area contributed by atoms with Crippen molar-refractivity contribution < 1.29 is 4.79 Å². The molecule has 0 aliphatic rings. The van der Waals surface area contributed by atoms with Crippen LogP contribution in [0.3, 0.4) is 0 Å². The van der Waals surface area contributed by atoms with Crippen molar-refractivity contribution in [2.45, 2.75) is 13.8 Å². The molecule has 0 bridgehead atoms. The number of hydrogen-bond acceptors (Lipinski definition) is 4. The van der Waals surface area contributed by atoms with E-state index in [4.69, 9.17) is 0 Å². The van der Waals surface area contributed by atoms with E-state index in [1.165, 1.54) is 0 Å². The number of anilines is 1. The van der Waals surface area contributed by atoms with Crippen LogP contribution < -0.4 is 10.6 Å². The van der Waals surface area contributed by atoms with Crippen molar-refractivity contribution in [2.24, 2.45) is 5.92 Å². The molecule has 1 amide bonds. The van der Waals surface area contributed by atoms with Gasteiger partial charge in [-0.25, -0.2) is 0 Å². The number of aromatic nitrogens is 3. The summed E-state index contributed by atoms with van der Waals surface area (Å²) in [5, 5.41) is 13.6. The zero-order valence-electron chi connectivity index (χ0n) is 11.7. The molecule has 1 heterocycles. The highest BCUT2D eigenvalue weighted by molar-refractivity contribution is 5.92. The highest BCUT2D eigenvalue weighted by Crippen LogP contribution is 2.14. The lowest BCUT2D eigenvalue weighted by Crippen LogP contribution is -2.30. The lowest BCUT2D eigenvalue weighted by Gasteiger charge is -2.13. The molecule has 0 fully saturated rings. The van der Waals surface area contributed by atoms with Crippen LogP contribution in [0.4, 0.5) is 5.69 Å². The van der Waals surface area contributed by atoms with E-state index in [0.29, 0.717) is 6.54 Å². The maximum atomic E-state index is 12.0. The first-order valence-electron chi connectivity index (χ1n) is 6.67. The van der Waals surface area contributed by atoms with Gasteiger partial charge in [-0.05, 0) is 24.7 Å². The highest BCUT2D eigenvalue weighted by atomic mass is 16.1. The molecule has 1 atom stereocenters. The molecule has 0 aliphatic carbocycles. The Morgan fingerprint density at radius 1 is 1.35 bits per heavy atom. The van der Waals surface area contributed by atoms with Crippen molar-refractivity contribution in [2.75, 3.05) is 18.4 Å². The largest absolute Gasteiger partial charge is 0.326 e. The van der Waals surface area contributed by atoms with E-state index >= 15 is 0 Å². The standard InChI is InChI=1S/C14H19N5O/c1-3-15-8-11(2)14(20)18-12-5-4-6-13(7-12)19-9-16-17-10-19/h4-7,9-11,15H,3,8H2,1-2H3,(H,18,20). The van der Waals surface area contributed by atoms with Gasteiger partial charge in [-0.3, -0.25) is 9.36 Å². The third kappa shape index (κ3) is 3.64. The zero-order valence-corrected chi connectivity index (χ0v) is 11.7. The molecule has 6 nitrogen and oxygen atoms in total. The van der Waals surface area contributed by atoms with E-state index < -0.39 is 0 Å². The second-order valence-electron chi connectivity index (χ2n) is 4.62. The van der Waals surface area contributed by atoms with Crippen LogP contribution in [0.2, 0.25) is 0 Å². The zero-order chi connectivity index (χ0) is 14.4. The molecular weight excluding hydrogens is 254 g/mol. The number of carbonyl (C=O) groups excluding carboxylic acids is 1. The molecule has 0 aliphatic heterocycles. The molecule has 6 heteroatoms. The topological polar surface area (TPSA) is 71.8 Å². The van der Waals surface area contributed by atoms with E-state index in [1.807, 2.05) is 38.1 Å². The van der Waals surface area contributed by atoms with Crippen LogP contribution >= 0.6 is 0 Å². The molecule has 2 N–H and O–H groups in total.